The molecule has 1 saturated carbocycles. The van der Waals surface area contributed by atoms with Crippen molar-refractivity contribution >= 4 is 22.2 Å². The van der Waals surface area contributed by atoms with Crippen LogP contribution < -0.4 is 10.1 Å². The molecule has 0 heterocycles. The van der Waals surface area contributed by atoms with Crippen molar-refractivity contribution in [1.82, 2.24) is 5.32 Å². The zero-order valence-corrected chi connectivity index (χ0v) is 15.7. The van der Waals surface area contributed by atoms with E-state index in [4.69, 9.17) is 9.47 Å². The minimum Gasteiger partial charge on any atom is -0.497 e. The first-order valence-electron chi connectivity index (χ1n) is 7.75. The highest BCUT2D eigenvalue weighted by atomic mass is 32.2. The lowest BCUT2D eigenvalue weighted by Crippen LogP contribution is -2.45. The Bertz CT molecular complexity index is 765. The van der Waals surface area contributed by atoms with E-state index in [1.54, 1.807) is 45.0 Å². The standard InChI is InChI=1S/C17H23NO6S/c1-16(2,3)24-15(20)18-17(10-19)13(14(17)25(5,21)22)11-6-8-12(23-4)9-7-11/h6-10,13-14H,1-5H3,(H,18,20)/t13-,14-,17-/m0/s1. The number of methoxy groups -OCH3 is 1. The Morgan fingerprint density at radius 2 is 1.80 bits per heavy atom. The van der Waals surface area contributed by atoms with Gasteiger partial charge < -0.3 is 19.6 Å². The van der Waals surface area contributed by atoms with Crippen molar-refractivity contribution in [3.63, 3.8) is 0 Å². The molecule has 0 unspecified atom stereocenters. The van der Waals surface area contributed by atoms with Gasteiger partial charge in [0.25, 0.3) is 0 Å². The number of hydrogen-bond acceptors (Lipinski definition) is 6. The SMILES string of the molecule is COc1ccc([C@H]2[C@H](S(C)(=O)=O)[C@@]2(C=O)NC(=O)OC(C)(C)C)cc1. The van der Waals surface area contributed by atoms with Gasteiger partial charge in [0.05, 0.1) is 7.11 Å². The van der Waals surface area contributed by atoms with E-state index in [0.717, 1.165) is 6.26 Å². The third-order valence-electron chi connectivity index (χ3n) is 4.03. The van der Waals surface area contributed by atoms with Crippen LogP contribution in [0.2, 0.25) is 0 Å². The number of amides is 1. The van der Waals surface area contributed by atoms with Crippen LogP contribution in [0.3, 0.4) is 0 Å². The molecule has 1 aliphatic rings. The number of rotatable bonds is 5. The van der Waals surface area contributed by atoms with Crippen LogP contribution in [0.4, 0.5) is 4.79 Å². The number of carbonyl (C=O) groups is 2. The van der Waals surface area contributed by atoms with E-state index in [1.807, 2.05) is 0 Å². The largest absolute Gasteiger partial charge is 0.497 e. The average molecular weight is 369 g/mol. The molecular weight excluding hydrogens is 346 g/mol. The molecule has 3 atom stereocenters. The topological polar surface area (TPSA) is 98.8 Å². The fraction of sp³-hybridized carbons (Fsp3) is 0.529. The maximum Gasteiger partial charge on any atom is 0.408 e. The second-order valence-corrected chi connectivity index (χ2v) is 9.35. The third-order valence-corrected chi connectivity index (χ3v) is 5.61. The predicted octanol–water partition coefficient (Wildman–Crippen LogP) is 1.67. The van der Waals surface area contributed by atoms with Gasteiger partial charge in [0, 0.05) is 12.2 Å². The van der Waals surface area contributed by atoms with Gasteiger partial charge in [-0.25, -0.2) is 13.2 Å². The lowest BCUT2D eigenvalue weighted by atomic mass is 10.1. The molecule has 0 radical (unpaired) electrons. The monoisotopic (exact) mass is 369 g/mol. The summed E-state index contributed by atoms with van der Waals surface area (Å²) in [6, 6.07) is 6.72. The highest BCUT2D eigenvalue weighted by Crippen LogP contribution is 2.54. The predicted molar refractivity (Wildman–Crippen MR) is 92.5 cm³/mol. The van der Waals surface area contributed by atoms with Gasteiger partial charge in [-0.05, 0) is 38.5 Å². The zero-order chi connectivity index (χ0) is 19.0. The molecule has 138 valence electrons. The van der Waals surface area contributed by atoms with Crippen molar-refractivity contribution < 1.29 is 27.5 Å². The fourth-order valence-electron chi connectivity index (χ4n) is 3.04. The summed E-state index contributed by atoms with van der Waals surface area (Å²) >= 11 is 0. The lowest BCUT2D eigenvalue weighted by molar-refractivity contribution is -0.110. The minimum absolute atomic E-state index is 0.484. The minimum atomic E-state index is -3.58. The fourth-order valence-corrected chi connectivity index (χ4v) is 4.80. The highest BCUT2D eigenvalue weighted by Gasteiger charge is 2.71. The zero-order valence-electron chi connectivity index (χ0n) is 14.9. The molecule has 25 heavy (non-hydrogen) atoms. The molecule has 1 aromatic rings. The molecule has 0 saturated heterocycles. The van der Waals surface area contributed by atoms with Crippen LogP contribution in [0, 0.1) is 0 Å². The van der Waals surface area contributed by atoms with E-state index < -0.39 is 38.2 Å². The van der Waals surface area contributed by atoms with Gasteiger partial charge in [-0.3, -0.25) is 0 Å². The van der Waals surface area contributed by atoms with E-state index in [9.17, 15) is 18.0 Å². The number of sulfone groups is 1. The van der Waals surface area contributed by atoms with Crippen molar-refractivity contribution in [3.8, 4) is 5.75 Å². The lowest BCUT2D eigenvalue weighted by Gasteiger charge is -2.22. The van der Waals surface area contributed by atoms with E-state index in [1.165, 1.54) is 7.11 Å². The molecular formula is C17H23NO6S. The molecule has 8 heteroatoms. The first kappa shape index (κ1) is 19.2. The summed E-state index contributed by atoms with van der Waals surface area (Å²) < 4.78 is 34.6. The maximum absolute atomic E-state index is 12.2. The van der Waals surface area contributed by atoms with Crippen molar-refractivity contribution in [2.24, 2.45) is 0 Å². The van der Waals surface area contributed by atoms with E-state index in [-0.39, 0.29) is 0 Å². The first-order valence-corrected chi connectivity index (χ1v) is 9.70. The van der Waals surface area contributed by atoms with Crippen LogP contribution in [0.25, 0.3) is 0 Å². The number of carbonyl (C=O) groups excluding carboxylic acids is 2. The highest BCUT2D eigenvalue weighted by molar-refractivity contribution is 7.91. The van der Waals surface area contributed by atoms with Gasteiger partial charge >= 0.3 is 6.09 Å². The number of aldehydes is 1. The van der Waals surface area contributed by atoms with Crippen LogP contribution in [0.1, 0.15) is 32.3 Å². The van der Waals surface area contributed by atoms with E-state index in [2.05, 4.69) is 5.32 Å². The second-order valence-electron chi connectivity index (χ2n) is 7.18. The number of alkyl carbamates (subject to hydrolysis) is 1. The molecule has 7 nitrogen and oxygen atoms in total. The summed E-state index contributed by atoms with van der Waals surface area (Å²) in [5, 5.41) is 1.42. The molecule has 1 aliphatic carbocycles. The summed E-state index contributed by atoms with van der Waals surface area (Å²) in [6.45, 7) is 5.05. The molecule has 1 fully saturated rings. The normalized spacial score (nSPS) is 25.8. The van der Waals surface area contributed by atoms with E-state index >= 15 is 0 Å². The molecule has 0 aromatic heterocycles. The van der Waals surface area contributed by atoms with Gasteiger partial charge in [-0.15, -0.1) is 0 Å². The number of hydrogen-bond donors (Lipinski definition) is 1. The summed E-state index contributed by atoms with van der Waals surface area (Å²) in [4.78, 5) is 23.9. The van der Waals surface area contributed by atoms with Gasteiger partial charge in [-0.1, -0.05) is 12.1 Å². The smallest absolute Gasteiger partial charge is 0.408 e. The summed E-state index contributed by atoms with van der Waals surface area (Å²) in [6.07, 6.45) is 0.706. The van der Waals surface area contributed by atoms with Crippen LogP contribution in [0.5, 0.6) is 5.75 Å². The van der Waals surface area contributed by atoms with Crippen molar-refractivity contribution in [3.05, 3.63) is 29.8 Å². The third kappa shape index (κ3) is 3.95. The van der Waals surface area contributed by atoms with Crippen molar-refractivity contribution in [2.75, 3.05) is 13.4 Å². The summed E-state index contributed by atoms with van der Waals surface area (Å²) in [5.41, 5.74) is -1.68. The van der Waals surface area contributed by atoms with Crippen LogP contribution in [-0.4, -0.2) is 50.6 Å². The molecule has 0 bridgehead atoms. The van der Waals surface area contributed by atoms with Gasteiger partial charge in [0.15, 0.2) is 9.84 Å². The molecule has 1 N–H and O–H groups in total. The Morgan fingerprint density at radius 3 is 2.20 bits per heavy atom. The Labute approximate surface area is 147 Å². The van der Waals surface area contributed by atoms with Crippen molar-refractivity contribution in [1.29, 1.82) is 0 Å². The molecule has 1 aromatic carbocycles. The summed E-state index contributed by atoms with van der Waals surface area (Å²) in [5.74, 6) is -0.0736. The Morgan fingerprint density at radius 1 is 1.24 bits per heavy atom. The first-order chi connectivity index (χ1) is 11.4. The molecule has 2 rings (SSSR count). The van der Waals surface area contributed by atoms with Crippen LogP contribution in [-0.2, 0) is 19.4 Å². The van der Waals surface area contributed by atoms with Crippen LogP contribution >= 0.6 is 0 Å². The Balaban J connectivity index is 2.36. The average Bonchev–Trinajstić information content (AvgIpc) is 3.14. The second kappa shape index (κ2) is 6.33. The quantitative estimate of drug-likeness (QED) is 0.793. The van der Waals surface area contributed by atoms with Gasteiger partial charge in [0.1, 0.15) is 28.4 Å². The van der Waals surface area contributed by atoms with E-state index in [0.29, 0.717) is 17.6 Å². The van der Waals surface area contributed by atoms with Crippen LogP contribution in [0.15, 0.2) is 24.3 Å². The maximum atomic E-state index is 12.2. The Hall–Kier alpha value is -2.09. The van der Waals surface area contributed by atoms with Crippen molar-refractivity contribution in [2.45, 2.75) is 43.1 Å². The Kier molecular flexibility index (Phi) is 4.87. The molecule has 0 spiro atoms. The van der Waals surface area contributed by atoms with Gasteiger partial charge in [0.2, 0.25) is 0 Å². The molecule has 0 aliphatic heterocycles. The summed E-state index contributed by atoms with van der Waals surface area (Å²) in [7, 11) is -2.07. The number of ether oxygens (including phenoxy) is 2. The van der Waals surface area contributed by atoms with Gasteiger partial charge in [-0.2, -0.15) is 0 Å². The number of nitrogens with one attached hydrogen (secondary N) is 1. The number of benzene rings is 1. The molecule has 1 amide bonds.